The molecule has 0 aromatic carbocycles. The Labute approximate surface area is 196 Å². The first-order valence-corrected chi connectivity index (χ1v) is 11.6. The van der Waals surface area contributed by atoms with E-state index in [0.717, 1.165) is 46.9 Å². The van der Waals surface area contributed by atoms with Crippen LogP contribution in [0.15, 0.2) is 61.5 Å². The third-order valence-electron chi connectivity index (χ3n) is 5.86. The number of amides is 1. The number of alkyl halides is 3. The number of hydrogen-bond acceptors (Lipinski definition) is 7. The molecular formula is C22H20F3N5O3S. The Bertz CT molecular complexity index is 1230. The van der Waals surface area contributed by atoms with Crippen molar-refractivity contribution in [2.45, 2.75) is 36.6 Å². The van der Waals surface area contributed by atoms with Gasteiger partial charge in [0.25, 0.3) is 5.91 Å². The molecule has 1 aliphatic carbocycles. The van der Waals surface area contributed by atoms with Crippen LogP contribution >= 0.6 is 11.8 Å². The third kappa shape index (κ3) is 4.17. The second-order valence-electron chi connectivity index (χ2n) is 8.02. The van der Waals surface area contributed by atoms with Crippen LogP contribution in [0.1, 0.15) is 42.6 Å². The molecule has 1 amide bonds. The molecule has 2 atom stereocenters. The van der Waals surface area contributed by atoms with E-state index in [-0.39, 0.29) is 22.7 Å². The van der Waals surface area contributed by atoms with Crippen LogP contribution in [-0.2, 0) is 18.0 Å². The molecule has 8 nitrogen and oxygen atoms in total. The maximum Gasteiger partial charge on any atom is 0.451 e. The Morgan fingerprint density at radius 2 is 2.03 bits per heavy atom. The quantitative estimate of drug-likeness (QED) is 0.470. The van der Waals surface area contributed by atoms with E-state index < -0.39 is 18.0 Å². The highest BCUT2D eigenvalue weighted by atomic mass is 32.2. The lowest BCUT2D eigenvalue weighted by molar-refractivity contribution is -0.147. The Hall–Kier alpha value is -3.28. The second kappa shape index (κ2) is 8.82. The maximum absolute atomic E-state index is 13.2. The number of carbonyl (C=O) groups is 1. The summed E-state index contributed by atoms with van der Waals surface area (Å²) in [6.45, 7) is 0. The lowest BCUT2D eigenvalue weighted by Gasteiger charge is -2.27. The first-order chi connectivity index (χ1) is 16.3. The number of halogens is 3. The fourth-order valence-electron chi connectivity index (χ4n) is 4.37. The van der Waals surface area contributed by atoms with Gasteiger partial charge in [-0.3, -0.25) is 4.79 Å². The van der Waals surface area contributed by atoms with Gasteiger partial charge in [-0.2, -0.15) is 18.3 Å². The highest BCUT2D eigenvalue weighted by Gasteiger charge is 2.45. The Morgan fingerprint density at radius 3 is 2.71 bits per heavy atom. The van der Waals surface area contributed by atoms with Crippen LogP contribution in [0.3, 0.4) is 0 Å². The Balaban J connectivity index is 1.41. The van der Waals surface area contributed by atoms with Crippen LogP contribution in [-0.4, -0.2) is 37.1 Å². The number of hydrogen-bond donors (Lipinski definition) is 0. The van der Waals surface area contributed by atoms with Gasteiger partial charge in [-0.25, -0.2) is 5.01 Å². The molecular weight excluding hydrogens is 471 g/mol. The minimum Gasteiger partial charge on any atom is -0.467 e. The molecule has 1 fully saturated rings. The zero-order chi connectivity index (χ0) is 23.9. The highest BCUT2D eigenvalue weighted by molar-refractivity contribution is 7.99. The molecule has 1 saturated carbocycles. The molecule has 4 heterocycles. The summed E-state index contributed by atoms with van der Waals surface area (Å²) in [5.41, 5.74) is 1.80. The van der Waals surface area contributed by atoms with E-state index in [0.29, 0.717) is 11.5 Å². The van der Waals surface area contributed by atoms with Crippen LogP contribution in [0.4, 0.5) is 13.2 Å². The van der Waals surface area contributed by atoms with E-state index in [4.69, 9.17) is 8.83 Å². The maximum atomic E-state index is 13.2. The van der Waals surface area contributed by atoms with Crippen molar-refractivity contribution in [3.05, 3.63) is 59.7 Å². The number of allylic oxidation sites excluding steroid dienone is 1. The van der Waals surface area contributed by atoms with Crippen molar-refractivity contribution >= 4 is 29.5 Å². The Kier molecular flexibility index (Phi) is 5.84. The summed E-state index contributed by atoms with van der Waals surface area (Å²) < 4.78 is 51.0. The largest absolute Gasteiger partial charge is 0.467 e. The van der Waals surface area contributed by atoms with Crippen LogP contribution < -0.4 is 0 Å². The van der Waals surface area contributed by atoms with Crippen molar-refractivity contribution < 1.29 is 26.8 Å². The highest BCUT2D eigenvalue weighted by Crippen LogP contribution is 2.44. The first-order valence-electron chi connectivity index (χ1n) is 10.6. The molecule has 5 rings (SSSR count). The molecule has 0 N–H and O–H groups in total. The van der Waals surface area contributed by atoms with Gasteiger partial charge in [0, 0.05) is 13.0 Å². The SMILES string of the molecule is Cn1c(SCC(=O)N2N=C3/C(=C/c4ccco4)CCCC3C2c2ccco2)nnc1C(F)(F)F. The standard InChI is InChI=1S/C22H20F3N5O3S/c1-29-20(22(23,24)25)26-27-21(29)34-12-17(31)30-19(16-8-4-10-33-16)15-7-2-5-13(18(15)28-30)11-14-6-3-9-32-14/h3-4,6,8-11,15,19H,2,5,7,12H2,1H3/b13-11+. The van der Waals surface area contributed by atoms with Crippen LogP contribution in [0.5, 0.6) is 0 Å². The first kappa shape index (κ1) is 22.5. The fraction of sp³-hybridized carbons (Fsp3) is 0.364. The number of nitrogens with zero attached hydrogens (tertiary/aromatic N) is 5. The molecule has 0 spiro atoms. The average Bonchev–Trinajstić information content (AvgIpc) is 3.58. The van der Waals surface area contributed by atoms with Crippen molar-refractivity contribution in [3.8, 4) is 0 Å². The summed E-state index contributed by atoms with van der Waals surface area (Å²) in [6, 6.07) is 6.79. The zero-order valence-corrected chi connectivity index (χ0v) is 18.8. The van der Waals surface area contributed by atoms with Gasteiger partial charge >= 0.3 is 6.18 Å². The summed E-state index contributed by atoms with van der Waals surface area (Å²) in [6.07, 6.45) is 3.01. The number of fused-ring (bicyclic) bond motifs is 1. The lowest BCUT2D eigenvalue weighted by Crippen LogP contribution is -2.32. The molecule has 178 valence electrons. The number of rotatable bonds is 5. The molecule has 2 aliphatic rings. The average molecular weight is 491 g/mol. The molecule has 0 radical (unpaired) electrons. The van der Waals surface area contributed by atoms with E-state index in [9.17, 15) is 18.0 Å². The van der Waals surface area contributed by atoms with Crippen molar-refractivity contribution in [1.82, 2.24) is 19.8 Å². The van der Waals surface area contributed by atoms with Gasteiger partial charge in [0.1, 0.15) is 17.6 Å². The van der Waals surface area contributed by atoms with Crippen LogP contribution in [0, 0.1) is 5.92 Å². The summed E-state index contributed by atoms with van der Waals surface area (Å²) in [5.74, 6) is -0.364. The molecule has 2 unspecified atom stereocenters. The molecule has 3 aromatic rings. The number of thioether (sulfide) groups is 1. The van der Waals surface area contributed by atoms with E-state index in [1.807, 2.05) is 12.1 Å². The predicted molar refractivity (Wildman–Crippen MR) is 116 cm³/mol. The lowest BCUT2D eigenvalue weighted by atomic mass is 9.79. The van der Waals surface area contributed by atoms with Crippen molar-refractivity contribution in [1.29, 1.82) is 0 Å². The van der Waals surface area contributed by atoms with Gasteiger partial charge in [-0.05, 0) is 55.2 Å². The topological polar surface area (TPSA) is 89.7 Å². The number of carbonyl (C=O) groups excluding carboxylic acids is 1. The number of hydrazone groups is 1. The van der Waals surface area contributed by atoms with Gasteiger partial charge in [-0.15, -0.1) is 10.2 Å². The van der Waals surface area contributed by atoms with Crippen LogP contribution in [0.2, 0.25) is 0 Å². The second-order valence-corrected chi connectivity index (χ2v) is 8.96. The fourth-order valence-corrected chi connectivity index (χ4v) is 5.13. The third-order valence-corrected chi connectivity index (χ3v) is 6.87. The van der Waals surface area contributed by atoms with E-state index >= 15 is 0 Å². The van der Waals surface area contributed by atoms with E-state index in [1.165, 1.54) is 12.1 Å². The van der Waals surface area contributed by atoms with Gasteiger partial charge in [-0.1, -0.05) is 11.8 Å². The van der Waals surface area contributed by atoms with Crippen molar-refractivity contribution in [3.63, 3.8) is 0 Å². The molecule has 12 heteroatoms. The number of furan rings is 2. The minimum atomic E-state index is -4.62. The number of aromatic nitrogens is 3. The summed E-state index contributed by atoms with van der Waals surface area (Å²) >= 11 is 0.885. The normalized spacial score (nSPS) is 21.7. The Morgan fingerprint density at radius 1 is 1.24 bits per heavy atom. The van der Waals surface area contributed by atoms with Crippen molar-refractivity contribution in [2.75, 3.05) is 5.75 Å². The summed E-state index contributed by atoms with van der Waals surface area (Å²) in [4.78, 5) is 13.2. The van der Waals surface area contributed by atoms with E-state index in [2.05, 4.69) is 15.3 Å². The summed E-state index contributed by atoms with van der Waals surface area (Å²) in [5, 5.41) is 12.9. The predicted octanol–water partition coefficient (Wildman–Crippen LogP) is 4.94. The molecule has 0 bridgehead atoms. The monoisotopic (exact) mass is 491 g/mol. The van der Waals surface area contributed by atoms with Crippen LogP contribution in [0.25, 0.3) is 6.08 Å². The summed E-state index contributed by atoms with van der Waals surface area (Å²) in [7, 11) is 1.22. The van der Waals surface area contributed by atoms with Gasteiger partial charge in [0.2, 0.25) is 5.82 Å². The smallest absolute Gasteiger partial charge is 0.451 e. The molecule has 0 saturated heterocycles. The molecule has 34 heavy (non-hydrogen) atoms. The zero-order valence-electron chi connectivity index (χ0n) is 18.0. The van der Waals surface area contributed by atoms with Crippen molar-refractivity contribution in [2.24, 2.45) is 18.1 Å². The van der Waals surface area contributed by atoms with Gasteiger partial charge in [0.15, 0.2) is 5.16 Å². The van der Waals surface area contributed by atoms with E-state index in [1.54, 1.807) is 30.7 Å². The van der Waals surface area contributed by atoms with Gasteiger partial charge < -0.3 is 13.4 Å². The van der Waals surface area contributed by atoms with Gasteiger partial charge in [0.05, 0.1) is 24.0 Å². The molecule has 1 aliphatic heterocycles. The minimum absolute atomic E-state index is 0.00195. The molecule has 3 aromatic heterocycles.